The van der Waals surface area contributed by atoms with Gasteiger partial charge in [0.1, 0.15) is 12.4 Å². The second-order valence-corrected chi connectivity index (χ2v) is 4.73. The molecule has 0 aliphatic rings. The van der Waals surface area contributed by atoms with Crippen molar-refractivity contribution in [3.63, 3.8) is 0 Å². The summed E-state index contributed by atoms with van der Waals surface area (Å²) in [5.41, 5.74) is 11.4. The average molecular weight is 241 g/mol. The number of rotatable bonds is 3. The Morgan fingerprint density at radius 3 is 2.33 bits per heavy atom. The second-order valence-electron chi connectivity index (χ2n) is 4.73. The summed E-state index contributed by atoms with van der Waals surface area (Å²) in [6.07, 6.45) is 0. The monoisotopic (exact) mass is 241 g/mol. The molecule has 0 aliphatic heterocycles. The van der Waals surface area contributed by atoms with Crippen molar-refractivity contribution in [1.29, 1.82) is 0 Å². The first-order valence-corrected chi connectivity index (χ1v) is 6.11. The molecule has 0 atom stereocenters. The van der Waals surface area contributed by atoms with Crippen LogP contribution in [-0.4, -0.2) is 0 Å². The summed E-state index contributed by atoms with van der Waals surface area (Å²) >= 11 is 0. The van der Waals surface area contributed by atoms with Crippen LogP contribution in [0.3, 0.4) is 0 Å². The predicted molar refractivity (Wildman–Crippen MR) is 75.8 cm³/mol. The molecule has 0 bridgehead atoms. The summed E-state index contributed by atoms with van der Waals surface area (Å²) < 4.78 is 5.77. The lowest BCUT2D eigenvalue weighted by Gasteiger charge is -2.09. The van der Waals surface area contributed by atoms with Crippen LogP contribution in [0.4, 0.5) is 5.69 Å². The standard InChI is InChI=1S/C16H19NO/c1-11-4-5-14(8-12(11)2)10-18-15-6-7-16(17)13(3)9-15/h4-9H,10,17H2,1-3H3. The van der Waals surface area contributed by atoms with E-state index in [0.717, 1.165) is 17.0 Å². The lowest BCUT2D eigenvalue weighted by Crippen LogP contribution is -1.97. The third-order valence-corrected chi connectivity index (χ3v) is 3.22. The van der Waals surface area contributed by atoms with Crippen LogP contribution in [0.1, 0.15) is 22.3 Å². The molecule has 0 aromatic heterocycles. The Labute approximate surface area is 108 Å². The Morgan fingerprint density at radius 2 is 1.67 bits per heavy atom. The van der Waals surface area contributed by atoms with E-state index in [1.807, 2.05) is 25.1 Å². The van der Waals surface area contributed by atoms with Crippen molar-refractivity contribution in [3.05, 3.63) is 58.7 Å². The zero-order valence-electron chi connectivity index (χ0n) is 11.2. The van der Waals surface area contributed by atoms with Gasteiger partial charge in [-0.15, -0.1) is 0 Å². The molecule has 2 N–H and O–H groups in total. The van der Waals surface area contributed by atoms with Gasteiger partial charge in [-0.3, -0.25) is 0 Å². The molecule has 0 unspecified atom stereocenters. The van der Waals surface area contributed by atoms with Crippen LogP contribution in [0.15, 0.2) is 36.4 Å². The summed E-state index contributed by atoms with van der Waals surface area (Å²) in [6, 6.07) is 12.2. The number of aryl methyl sites for hydroxylation is 3. The fourth-order valence-corrected chi connectivity index (χ4v) is 1.80. The fraction of sp³-hybridized carbons (Fsp3) is 0.250. The van der Waals surface area contributed by atoms with E-state index >= 15 is 0 Å². The van der Waals surface area contributed by atoms with Crippen LogP contribution in [0.5, 0.6) is 5.75 Å². The van der Waals surface area contributed by atoms with Crippen molar-refractivity contribution in [2.75, 3.05) is 5.73 Å². The predicted octanol–water partition coefficient (Wildman–Crippen LogP) is 3.77. The van der Waals surface area contributed by atoms with Gasteiger partial charge in [0.25, 0.3) is 0 Å². The molecule has 0 amide bonds. The fourth-order valence-electron chi connectivity index (χ4n) is 1.80. The zero-order valence-corrected chi connectivity index (χ0v) is 11.2. The SMILES string of the molecule is Cc1ccc(COc2ccc(N)c(C)c2)cc1C. The molecule has 18 heavy (non-hydrogen) atoms. The minimum Gasteiger partial charge on any atom is -0.489 e. The van der Waals surface area contributed by atoms with Crippen LogP contribution in [0, 0.1) is 20.8 Å². The molecule has 2 aromatic rings. The quantitative estimate of drug-likeness (QED) is 0.830. The topological polar surface area (TPSA) is 35.2 Å². The van der Waals surface area contributed by atoms with E-state index in [1.165, 1.54) is 16.7 Å². The van der Waals surface area contributed by atoms with Crippen LogP contribution in [-0.2, 0) is 6.61 Å². The highest BCUT2D eigenvalue weighted by molar-refractivity contribution is 5.49. The van der Waals surface area contributed by atoms with E-state index in [1.54, 1.807) is 0 Å². The third kappa shape index (κ3) is 2.83. The average Bonchev–Trinajstić information content (AvgIpc) is 2.35. The summed E-state index contributed by atoms with van der Waals surface area (Å²) in [5, 5.41) is 0. The summed E-state index contributed by atoms with van der Waals surface area (Å²) in [6.45, 7) is 6.80. The number of anilines is 1. The van der Waals surface area contributed by atoms with Crippen molar-refractivity contribution < 1.29 is 4.74 Å². The van der Waals surface area contributed by atoms with Crippen molar-refractivity contribution in [2.24, 2.45) is 0 Å². The Hall–Kier alpha value is -1.96. The van der Waals surface area contributed by atoms with E-state index < -0.39 is 0 Å². The summed E-state index contributed by atoms with van der Waals surface area (Å²) in [7, 11) is 0. The minimum absolute atomic E-state index is 0.588. The van der Waals surface area contributed by atoms with Crippen molar-refractivity contribution in [1.82, 2.24) is 0 Å². The first-order valence-electron chi connectivity index (χ1n) is 6.11. The van der Waals surface area contributed by atoms with Gasteiger partial charge in [-0.25, -0.2) is 0 Å². The molecule has 0 heterocycles. The highest BCUT2D eigenvalue weighted by Gasteiger charge is 2.00. The van der Waals surface area contributed by atoms with E-state index in [2.05, 4.69) is 32.0 Å². The van der Waals surface area contributed by atoms with Crippen LogP contribution in [0.25, 0.3) is 0 Å². The summed E-state index contributed by atoms with van der Waals surface area (Å²) in [5.74, 6) is 0.861. The maximum Gasteiger partial charge on any atom is 0.120 e. The normalized spacial score (nSPS) is 10.4. The Balaban J connectivity index is 2.06. The smallest absolute Gasteiger partial charge is 0.120 e. The van der Waals surface area contributed by atoms with Gasteiger partial charge < -0.3 is 10.5 Å². The molecule has 2 heteroatoms. The number of benzene rings is 2. The molecular formula is C16H19NO. The van der Waals surface area contributed by atoms with Gasteiger partial charge in [0.15, 0.2) is 0 Å². The zero-order chi connectivity index (χ0) is 13.1. The summed E-state index contributed by atoms with van der Waals surface area (Å²) in [4.78, 5) is 0. The first kappa shape index (κ1) is 12.5. The Kier molecular flexibility index (Phi) is 3.56. The van der Waals surface area contributed by atoms with Gasteiger partial charge in [-0.05, 0) is 61.2 Å². The maximum absolute atomic E-state index is 5.78. The van der Waals surface area contributed by atoms with Crippen molar-refractivity contribution in [3.8, 4) is 5.75 Å². The molecule has 0 radical (unpaired) electrons. The lowest BCUT2D eigenvalue weighted by molar-refractivity contribution is 0.306. The molecular weight excluding hydrogens is 222 g/mol. The molecule has 2 aromatic carbocycles. The van der Waals surface area contributed by atoms with Crippen molar-refractivity contribution in [2.45, 2.75) is 27.4 Å². The number of ether oxygens (including phenoxy) is 1. The number of hydrogen-bond acceptors (Lipinski definition) is 2. The van der Waals surface area contributed by atoms with E-state index in [4.69, 9.17) is 10.5 Å². The molecule has 0 spiro atoms. The highest BCUT2D eigenvalue weighted by atomic mass is 16.5. The largest absolute Gasteiger partial charge is 0.489 e. The van der Waals surface area contributed by atoms with Gasteiger partial charge in [0.05, 0.1) is 0 Å². The van der Waals surface area contributed by atoms with Crippen molar-refractivity contribution >= 4 is 5.69 Å². The van der Waals surface area contributed by atoms with E-state index in [9.17, 15) is 0 Å². The van der Waals surface area contributed by atoms with Crippen LogP contribution < -0.4 is 10.5 Å². The maximum atomic E-state index is 5.78. The van der Waals surface area contributed by atoms with Gasteiger partial charge in [0, 0.05) is 5.69 Å². The van der Waals surface area contributed by atoms with Gasteiger partial charge >= 0.3 is 0 Å². The van der Waals surface area contributed by atoms with Crippen LogP contribution in [0.2, 0.25) is 0 Å². The van der Waals surface area contributed by atoms with Gasteiger partial charge in [-0.2, -0.15) is 0 Å². The van der Waals surface area contributed by atoms with E-state index in [0.29, 0.717) is 6.61 Å². The van der Waals surface area contributed by atoms with Gasteiger partial charge in [-0.1, -0.05) is 18.2 Å². The number of hydrogen-bond donors (Lipinski definition) is 1. The highest BCUT2D eigenvalue weighted by Crippen LogP contribution is 2.20. The molecule has 94 valence electrons. The van der Waals surface area contributed by atoms with E-state index in [-0.39, 0.29) is 0 Å². The molecule has 0 fully saturated rings. The number of nitrogens with two attached hydrogens (primary N) is 1. The molecule has 0 aliphatic carbocycles. The first-order chi connectivity index (χ1) is 8.56. The number of nitrogen functional groups attached to an aromatic ring is 1. The lowest BCUT2D eigenvalue weighted by atomic mass is 10.1. The second kappa shape index (κ2) is 5.13. The Morgan fingerprint density at radius 1 is 0.889 bits per heavy atom. The third-order valence-electron chi connectivity index (χ3n) is 3.22. The molecule has 0 saturated heterocycles. The van der Waals surface area contributed by atoms with Gasteiger partial charge in [0.2, 0.25) is 0 Å². The molecule has 0 saturated carbocycles. The van der Waals surface area contributed by atoms with Crippen LogP contribution >= 0.6 is 0 Å². The molecule has 2 nitrogen and oxygen atoms in total. The minimum atomic E-state index is 0.588. The Bertz CT molecular complexity index is 510. The molecule has 2 rings (SSSR count).